The first-order valence-corrected chi connectivity index (χ1v) is 17.8. The largest absolute Gasteiger partial charge is 0.456 e. The molecular formula is C49H31N3O. The van der Waals surface area contributed by atoms with E-state index in [0.717, 1.165) is 66.4 Å². The molecule has 0 unspecified atom stereocenters. The van der Waals surface area contributed by atoms with Crippen molar-refractivity contribution in [3.8, 4) is 67.5 Å². The second-order valence-electron chi connectivity index (χ2n) is 13.2. The summed E-state index contributed by atoms with van der Waals surface area (Å²) in [5, 5.41) is 4.45. The van der Waals surface area contributed by atoms with Gasteiger partial charge in [0.05, 0.1) is 0 Å². The van der Waals surface area contributed by atoms with Gasteiger partial charge in [-0.2, -0.15) is 0 Å². The van der Waals surface area contributed by atoms with Gasteiger partial charge in [-0.25, -0.2) is 15.0 Å². The molecule has 0 fully saturated rings. The molecule has 8 aromatic carbocycles. The van der Waals surface area contributed by atoms with Gasteiger partial charge in [0, 0.05) is 27.5 Å². The number of hydrogen-bond donors (Lipinski definition) is 0. The molecule has 0 aliphatic rings. The fraction of sp³-hybridized carbons (Fsp3) is 0. The molecule has 10 aromatic rings. The molecule has 0 spiro atoms. The molecule has 0 N–H and O–H groups in total. The van der Waals surface area contributed by atoms with E-state index in [-0.39, 0.29) is 0 Å². The first-order valence-electron chi connectivity index (χ1n) is 17.8. The molecule has 0 bridgehead atoms. The maximum absolute atomic E-state index is 6.43. The molecule has 2 aromatic heterocycles. The molecular weight excluding hydrogens is 647 g/mol. The summed E-state index contributed by atoms with van der Waals surface area (Å²) >= 11 is 0. The highest BCUT2D eigenvalue weighted by Gasteiger charge is 2.22. The number of furan rings is 1. The minimum Gasteiger partial charge on any atom is -0.456 e. The van der Waals surface area contributed by atoms with Gasteiger partial charge in [-0.1, -0.05) is 164 Å². The number of benzene rings is 8. The molecule has 0 radical (unpaired) electrons. The van der Waals surface area contributed by atoms with Crippen molar-refractivity contribution in [1.82, 2.24) is 15.0 Å². The molecule has 0 amide bonds. The van der Waals surface area contributed by atoms with Gasteiger partial charge in [0.1, 0.15) is 11.2 Å². The highest BCUT2D eigenvalue weighted by molar-refractivity contribution is 6.15. The van der Waals surface area contributed by atoms with Crippen LogP contribution in [0, 0.1) is 0 Å². The third-order valence-corrected chi connectivity index (χ3v) is 9.96. The van der Waals surface area contributed by atoms with Crippen LogP contribution in [0.15, 0.2) is 192 Å². The zero-order valence-electron chi connectivity index (χ0n) is 28.6. The summed E-state index contributed by atoms with van der Waals surface area (Å²) in [7, 11) is 0. The van der Waals surface area contributed by atoms with E-state index in [0.29, 0.717) is 17.5 Å². The summed E-state index contributed by atoms with van der Waals surface area (Å²) in [6, 6.07) is 65.2. The molecule has 4 heteroatoms. The van der Waals surface area contributed by atoms with E-state index in [1.165, 1.54) is 16.3 Å². The van der Waals surface area contributed by atoms with E-state index in [4.69, 9.17) is 19.4 Å². The van der Waals surface area contributed by atoms with E-state index < -0.39 is 0 Å². The quantitative estimate of drug-likeness (QED) is 0.176. The van der Waals surface area contributed by atoms with Gasteiger partial charge in [0.2, 0.25) is 0 Å². The lowest BCUT2D eigenvalue weighted by atomic mass is 9.93. The summed E-state index contributed by atoms with van der Waals surface area (Å²) in [5.41, 5.74) is 11.1. The monoisotopic (exact) mass is 677 g/mol. The van der Waals surface area contributed by atoms with Crippen LogP contribution in [0.3, 0.4) is 0 Å². The van der Waals surface area contributed by atoms with E-state index in [2.05, 4.69) is 140 Å². The maximum atomic E-state index is 6.43. The summed E-state index contributed by atoms with van der Waals surface area (Å²) in [6.07, 6.45) is 0. The normalized spacial score (nSPS) is 11.4. The number of nitrogens with zero attached hydrogens (tertiary/aromatic N) is 3. The Morgan fingerprint density at radius 1 is 0.321 bits per heavy atom. The molecule has 248 valence electrons. The first-order chi connectivity index (χ1) is 26.2. The van der Waals surface area contributed by atoms with Crippen molar-refractivity contribution >= 4 is 32.7 Å². The lowest BCUT2D eigenvalue weighted by Gasteiger charge is -2.14. The minimum atomic E-state index is 0.590. The summed E-state index contributed by atoms with van der Waals surface area (Å²) in [5.74, 6) is 1.81. The van der Waals surface area contributed by atoms with Gasteiger partial charge in [-0.05, 0) is 68.4 Å². The van der Waals surface area contributed by atoms with Crippen molar-refractivity contribution < 1.29 is 4.42 Å². The molecule has 53 heavy (non-hydrogen) atoms. The van der Waals surface area contributed by atoms with Crippen LogP contribution in [0.2, 0.25) is 0 Å². The van der Waals surface area contributed by atoms with Crippen LogP contribution in [0.5, 0.6) is 0 Å². The van der Waals surface area contributed by atoms with Crippen molar-refractivity contribution in [1.29, 1.82) is 0 Å². The highest BCUT2D eigenvalue weighted by Crippen LogP contribution is 2.43. The van der Waals surface area contributed by atoms with Crippen molar-refractivity contribution in [2.75, 3.05) is 0 Å². The van der Waals surface area contributed by atoms with Crippen LogP contribution in [-0.4, -0.2) is 15.0 Å². The Bertz CT molecular complexity index is 2910. The third-order valence-electron chi connectivity index (χ3n) is 9.96. The lowest BCUT2D eigenvalue weighted by molar-refractivity contribution is 0.669. The molecule has 0 aliphatic heterocycles. The molecule has 10 rings (SSSR count). The van der Waals surface area contributed by atoms with Gasteiger partial charge < -0.3 is 4.42 Å². The van der Waals surface area contributed by atoms with E-state index in [9.17, 15) is 0 Å². The average molecular weight is 678 g/mol. The topological polar surface area (TPSA) is 51.8 Å². The van der Waals surface area contributed by atoms with Crippen LogP contribution in [0.25, 0.3) is 100 Å². The Balaban J connectivity index is 1.17. The molecule has 0 saturated carbocycles. The summed E-state index contributed by atoms with van der Waals surface area (Å²) in [4.78, 5) is 15.5. The lowest BCUT2D eigenvalue weighted by Crippen LogP contribution is -2.01. The van der Waals surface area contributed by atoms with Crippen LogP contribution >= 0.6 is 0 Å². The van der Waals surface area contributed by atoms with Crippen molar-refractivity contribution in [2.45, 2.75) is 0 Å². The number of para-hydroxylation sites is 1. The van der Waals surface area contributed by atoms with Crippen molar-refractivity contribution in [2.24, 2.45) is 0 Å². The van der Waals surface area contributed by atoms with E-state index >= 15 is 0 Å². The number of hydrogen-bond acceptors (Lipinski definition) is 4. The van der Waals surface area contributed by atoms with Crippen LogP contribution in [0.4, 0.5) is 0 Å². The average Bonchev–Trinajstić information content (AvgIpc) is 3.63. The predicted octanol–water partition coefficient (Wildman–Crippen LogP) is 12.9. The van der Waals surface area contributed by atoms with Gasteiger partial charge in [-0.3, -0.25) is 0 Å². The fourth-order valence-corrected chi connectivity index (χ4v) is 7.28. The van der Waals surface area contributed by atoms with Gasteiger partial charge in [0.15, 0.2) is 17.5 Å². The zero-order valence-corrected chi connectivity index (χ0v) is 28.6. The van der Waals surface area contributed by atoms with Crippen LogP contribution < -0.4 is 0 Å². The smallest absolute Gasteiger partial charge is 0.165 e. The maximum Gasteiger partial charge on any atom is 0.165 e. The van der Waals surface area contributed by atoms with Crippen molar-refractivity contribution in [3.63, 3.8) is 0 Å². The van der Waals surface area contributed by atoms with E-state index in [1.807, 2.05) is 48.5 Å². The Labute approximate surface area is 306 Å². The predicted molar refractivity (Wildman–Crippen MR) is 217 cm³/mol. The molecule has 0 saturated heterocycles. The second kappa shape index (κ2) is 12.9. The Morgan fingerprint density at radius 3 is 1.57 bits per heavy atom. The second-order valence-corrected chi connectivity index (χ2v) is 13.2. The van der Waals surface area contributed by atoms with Gasteiger partial charge in [0.25, 0.3) is 0 Å². The standard InChI is InChI=1S/C49H31N3O/c1-3-11-32(12-4-1)34-21-26-38(27-22-34)48-50-47(37-14-5-2-6-15-37)51-49(52-48)46-41(29-30-44-45(46)42-17-9-10-18-43(42)53-44)36-24-19-35(20-25-36)40-28-23-33-13-7-8-16-39(33)31-40/h1-31H. The SMILES string of the molecule is c1ccc(-c2ccc(-c3nc(-c4ccccc4)nc(-c4c(-c5ccc(-c6ccc7ccccc7c6)cc5)ccc5oc6ccccc6c45)n3)cc2)cc1. The van der Waals surface area contributed by atoms with Crippen LogP contribution in [0.1, 0.15) is 0 Å². The zero-order chi connectivity index (χ0) is 35.1. The van der Waals surface area contributed by atoms with Gasteiger partial charge in [-0.15, -0.1) is 0 Å². The number of aromatic nitrogens is 3. The molecule has 0 atom stereocenters. The highest BCUT2D eigenvalue weighted by atomic mass is 16.3. The fourth-order valence-electron chi connectivity index (χ4n) is 7.28. The molecule has 4 nitrogen and oxygen atoms in total. The summed E-state index contributed by atoms with van der Waals surface area (Å²) in [6.45, 7) is 0. The third kappa shape index (κ3) is 5.63. The minimum absolute atomic E-state index is 0.590. The van der Waals surface area contributed by atoms with Gasteiger partial charge >= 0.3 is 0 Å². The molecule has 2 heterocycles. The van der Waals surface area contributed by atoms with Crippen molar-refractivity contribution in [3.05, 3.63) is 188 Å². The van der Waals surface area contributed by atoms with Crippen LogP contribution in [-0.2, 0) is 0 Å². The summed E-state index contributed by atoms with van der Waals surface area (Å²) < 4.78 is 6.43. The Kier molecular flexibility index (Phi) is 7.43. The Hall–Kier alpha value is -7.17. The first kappa shape index (κ1) is 30.6. The molecule has 0 aliphatic carbocycles. The number of rotatable bonds is 6. The Morgan fingerprint density at radius 2 is 0.830 bits per heavy atom. The number of fused-ring (bicyclic) bond motifs is 4. The van der Waals surface area contributed by atoms with E-state index in [1.54, 1.807) is 0 Å².